The second-order valence-electron chi connectivity index (χ2n) is 6.48. The fourth-order valence-corrected chi connectivity index (χ4v) is 4.86. The van der Waals surface area contributed by atoms with Gasteiger partial charge in [-0.2, -0.15) is 0 Å². The first-order valence-electron chi connectivity index (χ1n) is 8.63. The van der Waals surface area contributed by atoms with Crippen molar-refractivity contribution in [2.24, 2.45) is 10.7 Å². The molecule has 1 amide bonds. The third-order valence-corrected chi connectivity index (χ3v) is 5.98. The number of hydrogen-bond donors (Lipinski definition) is 1. The first-order chi connectivity index (χ1) is 13.0. The minimum atomic E-state index is -0.0754. The van der Waals surface area contributed by atoms with E-state index in [-0.39, 0.29) is 11.8 Å². The second-order valence-corrected chi connectivity index (χ2v) is 8.24. The first kappa shape index (κ1) is 19.4. The zero-order valence-electron chi connectivity index (χ0n) is 15.4. The number of thiophene rings is 1. The summed E-state index contributed by atoms with van der Waals surface area (Å²) in [7, 11) is 1.73. The Labute approximate surface area is 168 Å². The molecule has 3 rings (SSSR count). The smallest absolute Gasteiger partial charge is 0.246 e. The van der Waals surface area contributed by atoms with Gasteiger partial charge >= 0.3 is 0 Å². The van der Waals surface area contributed by atoms with Gasteiger partial charge in [0.05, 0.1) is 10.9 Å². The predicted molar refractivity (Wildman–Crippen MR) is 114 cm³/mol. The molecular formula is C21H22ClN3OS. The molecule has 1 aromatic carbocycles. The van der Waals surface area contributed by atoms with Crippen molar-refractivity contribution in [1.29, 1.82) is 0 Å². The van der Waals surface area contributed by atoms with Crippen molar-refractivity contribution in [3.05, 3.63) is 74.6 Å². The lowest BCUT2D eigenvalue weighted by molar-refractivity contribution is -0.127. The maximum absolute atomic E-state index is 12.3. The average Bonchev–Trinajstić information content (AvgIpc) is 3.04. The van der Waals surface area contributed by atoms with Crippen LogP contribution in [0.25, 0.3) is 5.57 Å². The molecule has 1 atom stereocenters. The number of nitrogens with two attached hydrogens (primary N) is 1. The van der Waals surface area contributed by atoms with Gasteiger partial charge in [0.25, 0.3) is 0 Å². The van der Waals surface area contributed by atoms with Crippen molar-refractivity contribution in [2.45, 2.75) is 19.4 Å². The molecule has 0 aliphatic carbocycles. The van der Waals surface area contributed by atoms with Gasteiger partial charge in [-0.25, -0.2) is 0 Å². The highest BCUT2D eigenvalue weighted by Crippen LogP contribution is 2.42. The Morgan fingerprint density at radius 2 is 2.15 bits per heavy atom. The lowest BCUT2D eigenvalue weighted by Crippen LogP contribution is -2.37. The van der Waals surface area contributed by atoms with Gasteiger partial charge in [-0.1, -0.05) is 42.4 Å². The Morgan fingerprint density at radius 1 is 1.41 bits per heavy atom. The fourth-order valence-electron chi connectivity index (χ4n) is 3.51. The number of aliphatic imine (C=N–C) groups is 1. The van der Waals surface area contributed by atoms with Crippen molar-refractivity contribution in [3.63, 3.8) is 0 Å². The van der Waals surface area contributed by atoms with Gasteiger partial charge in [0.15, 0.2) is 0 Å². The summed E-state index contributed by atoms with van der Waals surface area (Å²) in [6.07, 6.45) is 3.15. The average molecular weight is 400 g/mol. The van der Waals surface area contributed by atoms with Crippen molar-refractivity contribution in [3.8, 4) is 0 Å². The van der Waals surface area contributed by atoms with Gasteiger partial charge in [0.2, 0.25) is 5.91 Å². The predicted octanol–water partition coefficient (Wildman–Crippen LogP) is 4.45. The topological polar surface area (TPSA) is 58.7 Å². The summed E-state index contributed by atoms with van der Waals surface area (Å²) in [5, 5.41) is 0. The fraction of sp³-hybridized carbons (Fsp3) is 0.238. The number of rotatable bonds is 4. The van der Waals surface area contributed by atoms with E-state index >= 15 is 0 Å². The molecule has 0 radical (unpaired) electrons. The Kier molecular flexibility index (Phi) is 5.82. The highest BCUT2D eigenvalue weighted by molar-refractivity contribution is 7.16. The lowest BCUT2D eigenvalue weighted by atomic mass is 9.83. The molecule has 0 spiro atoms. The SMILES string of the molecule is C=CC(=O)N1Cc2sc(Cl)cc2[C@H](c2ccccc2C(C=NC)=C(C)N)C1. The van der Waals surface area contributed by atoms with Gasteiger partial charge in [-0.05, 0) is 35.8 Å². The molecule has 6 heteroatoms. The molecule has 1 aliphatic rings. The Morgan fingerprint density at radius 3 is 2.81 bits per heavy atom. The number of fused-ring (bicyclic) bond motifs is 1. The van der Waals surface area contributed by atoms with E-state index in [4.69, 9.17) is 17.3 Å². The van der Waals surface area contributed by atoms with Crippen LogP contribution in [-0.2, 0) is 11.3 Å². The number of carbonyl (C=O) groups is 1. The van der Waals surface area contributed by atoms with Gasteiger partial charge in [-0.15, -0.1) is 11.3 Å². The van der Waals surface area contributed by atoms with Crippen LogP contribution in [0.2, 0.25) is 4.34 Å². The molecule has 4 nitrogen and oxygen atoms in total. The standard InChI is InChI=1S/C21H22ClN3OS/c1-4-21(26)25-11-18(16-9-20(22)27-19(16)12-25)15-8-6-5-7-14(15)17(10-24-3)13(2)23/h4-10,18H,1,11-12,23H2,2-3H3/t18-/m0/s1. The number of halogens is 1. The molecule has 0 bridgehead atoms. The largest absolute Gasteiger partial charge is 0.402 e. The minimum absolute atomic E-state index is 0.0113. The zero-order chi connectivity index (χ0) is 19.6. The summed E-state index contributed by atoms with van der Waals surface area (Å²) in [5.41, 5.74) is 11.0. The molecule has 1 aliphatic heterocycles. The molecule has 27 heavy (non-hydrogen) atoms. The molecule has 0 unspecified atom stereocenters. The lowest BCUT2D eigenvalue weighted by Gasteiger charge is -2.33. The van der Waals surface area contributed by atoms with E-state index in [1.54, 1.807) is 13.3 Å². The Balaban J connectivity index is 2.17. The van der Waals surface area contributed by atoms with E-state index in [1.165, 1.54) is 23.0 Å². The Bertz CT molecular complexity index is 941. The van der Waals surface area contributed by atoms with Crippen LogP contribution in [0, 0.1) is 0 Å². The van der Waals surface area contributed by atoms with Crippen LogP contribution in [0.4, 0.5) is 0 Å². The van der Waals surface area contributed by atoms with E-state index in [2.05, 4.69) is 17.6 Å². The van der Waals surface area contributed by atoms with Crippen LogP contribution in [0.1, 0.15) is 34.4 Å². The van der Waals surface area contributed by atoms with Crippen molar-refractivity contribution in [1.82, 2.24) is 4.90 Å². The van der Waals surface area contributed by atoms with Crippen LogP contribution in [0.15, 0.2) is 53.7 Å². The number of allylic oxidation sites excluding steroid dienone is 2. The number of benzene rings is 1. The van der Waals surface area contributed by atoms with Gasteiger partial charge in [-0.3, -0.25) is 9.79 Å². The Hall–Kier alpha value is -2.37. The zero-order valence-corrected chi connectivity index (χ0v) is 17.0. The van der Waals surface area contributed by atoms with E-state index in [9.17, 15) is 4.79 Å². The summed E-state index contributed by atoms with van der Waals surface area (Å²) < 4.78 is 0.733. The van der Waals surface area contributed by atoms with E-state index in [0.29, 0.717) is 18.8 Å². The van der Waals surface area contributed by atoms with Crippen molar-refractivity contribution < 1.29 is 4.79 Å². The molecule has 2 N–H and O–H groups in total. The summed E-state index contributed by atoms with van der Waals surface area (Å²) in [5.74, 6) is -0.0641. The number of amides is 1. The first-order valence-corrected chi connectivity index (χ1v) is 9.83. The monoisotopic (exact) mass is 399 g/mol. The summed E-state index contributed by atoms with van der Waals surface area (Å²) in [6.45, 7) is 6.64. The van der Waals surface area contributed by atoms with Crippen molar-refractivity contribution in [2.75, 3.05) is 13.6 Å². The highest BCUT2D eigenvalue weighted by Gasteiger charge is 2.31. The van der Waals surface area contributed by atoms with E-state index in [0.717, 1.165) is 25.9 Å². The van der Waals surface area contributed by atoms with Crippen LogP contribution < -0.4 is 5.73 Å². The highest BCUT2D eigenvalue weighted by atomic mass is 35.5. The molecule has 0 fully saturated rings. The molecule has 1 aromatic heterocycles. The van der Waals surface area contributed by atoms with Crippen molar-refractivity contribution >= 4 is 40.6 Å². The van der Waals surface area contributed by atoms with Crippen LogP contribution in [0.3, 0.4) is 0 Å². The molecule has 0 saturated carbocycles. The van der Waals surface area contributed by atoms with Crippen LogP contribution in [0.5, 0.6) is 0 Å². The minimum Gasteiger partial charge on any atom is -0.402 e. The van der Waals surface area contributed by atoms with Gasteiger partial charge < -0.3 is 10.6 Å². The quantitative estimate of drug-likeness (QED) is 0.609. The number of hydrogen-bond acceptors (Lipinski definition) is 4. The van der Waals surface area contributed by atoms with Crippen LogP contribution >= 0.6 is 22.9 Å². The summed E-state index contributed by atoms with van der Waals surface area (Å²) >= 11 is 7.84. The van der Waals surface area contributed by atoms with Gasteiger partial charge in [0, 0.05) is 41.9 Å². The number of nitrogens with zero attached hydrogens (tertiary/aromatic N) is 2. The third-order valence-electron chi connectivity index (χ3n) is 4.72. The third kappa shape index (κ3) is 3.84. The maximum atomic E-state index is 12.3. The maximum Gasteiger partial charge on any atom is 0.246 e. The number of carbonyl (C=O) groups excluding carboxylic acids is 1. The summed E-state index contributed by atoms with van der Waals surface area (Å²) in [6, 6.07) is 10.1. The van der Waals surface area contributed by atoms with Crippen LogP contribution in [-0.4, -0.2) is 30.6 Å². The molecule has 140 valence electrons. The molecule has 0 saturated heterocycles. The normalized spacial score (nSPS) is 17.6. The van der Waals surface area contributed by atoms with Gasteiger partial charge in [0.1, 0.15) is 0 Å². The molecule has 2 aromatic rings. The van der Waals surface area contributed by atoms with E-state index < -0.39 is 0 Å². The molecule has 2 heterocycles. The second kappa shape index (κ2) is 8.11. The summed E-state index contributed by atoms with van der Waals surface area (Å²) in [4.78, 5) is 19.4. The molecular weight excluding hydrogens is 378 g/mol. The van der Waals surface area contributed by atoms with E-state index in [1.807, 2.05) is 36.1 Å².